The first kappa shape index (κ1) is 17.7. The van der Waals surface area contributed by atoms with E-state index in [0.29, 0.717) is 5.95 Å². The summed E-state index contributed by atoms with van der Waals surface area (Å²) < 4.78 is 0. The maximum Gasteiger partial charge on any atom is 0.229 e. The molecule has 0 saturated carbocycles. The molecule has 133 valence electrons. The van der Waals surface area contributed by atoms with Crippen LogP contribution < -0.4 is 10.2 Å². The molecule has 1 saturated heterocycles. The fourth-order valence-corrected chi connectivity index (χ4v) is 3.12. The van der Waals surface area contributed by atoms with Crippen molar-refractivity contribution in [3.63, 3.8) is 0 Å². The zero-order valence-corrected chi connectivity index (χ0v) is 15.7. The van der Waals surface area contributed by atoms with Gasteiger partial charge in [0.2, 0.25) is 5.95 Å². The lowest BCUT2D eigenvalue weighted by Crippen LogP contribution is -2.47. The Morgan fingerprint density at radius 3 is 2.32 bits per heavy atom. The molecule has 1 N–H and O–H groups in total. The highest BCUT2D eigenvalue weighted by Gasteiger charge is 2.19. The first-order valence-electron chi connectivity index (χ1n) is 8.95. The van der Waals surface area contributed by atoms with Gasteiger partial charge in [-0.25, -0.2) is 4.98 Å². The minimum Gasteiger partial charge on any atom is -0.354 e. The van der Waals surface area contributed by atoms with E-state index in [0.717, 1.165) is 49.9 Å². The van der Waals surface area contributed by atoms with E-state index >= 15 is 0 Å². The summed E-state index contributed by atoms with van der Waals surface area (Å²) in [5.41, 5.74) is 3.24. The second-order valence-electron chi connectivity index (χ2n) is 7.15. The van der Waals surface area contributed by atoms with Gasteiger partial charge in [0.1, 0.15) is 5.82 Å². The average molecular weight is 338 g/mol. The summed E-state index contributed by atoms with van der Waals surface area (Å²) in [6.45, 7) is 13.8. The number of hydrogen-bond acceptors (Lipinski definition) is 5. The van der Waals surface area contributed by atoms with Gasteiger partial charge in [-0.1, -0.05) is 31.5 Å². The lowest BCUT2D eigenvalue weighted by atomic mass is 10.2. The monoisotopic (exact) mass is 338 g/mol. The first-order chi connectivity index (χ1) is 12.0. The van der Waals surface area contributed by atoms with Gasteiger partial charge in [0.05, 0.1) is 0 Å². The van der Waals surface area contributed by atoms with Crippen molar-refractivity contribution < 1.29 is 0 Å². The highest BCUT2D eigenvalue weighted by molar-refractivity contribution is 5.56. The van der Waals surface area contributed by atoms with Crippen LogP contribution >= 0.6 is 0 Å². The molecule has 0 bridgehead atoms. The topological polar surface area (TPSA) is 44.3 Å². The van der Waals surface area contributed by atoms with E-state index in [1.807, 2.05) is 6.92 Å². The highest BCUT2D eigenvalue weighted by atomic mass is 15.3. The van der Waals surface area contributed by atoms with Crippen LogP contribution in [0, 0.1) is 19.8 Å². The largest absolute Gasteiger partial charge is 0.354 e. The van der Waals surface area contributed by atoms with Crippen molar-refractivity contribution >= 4 is 17.5 Å². The van der Waals surface area contributed by atoms with Crippen LogP contribution in [0.1, 0.15) is 25.1 Å². The van der Waals surface area contributed by atoms with Gasteiger partial charge in [0.15, 0.2) is 0 Å². The van der Waals surface area contributed by atoms with E-state index in [9.17, 15) is 0 Å². The van der Waals surface area contributed by atoms with Crippen LogP contribution in [0.25, 0.3) is 0 Å². The number of nitrogens with zero attached hydrogens (tertiary/aromatic N) is 4. The van der Waals surface area contributed by atoms with Gasteiger partial charge < -0.3 is 10.2 Å². The molecule has 1 aliphatic rings. The van der Waals surface area contributed by atoms with Gasteiger partial charge in [-0.2, -0.15) is 4.98 Å². The second kappa shape index (κ2) is 7.83. The van der Waals surface area contributed by atoms with Gasteiger partial charge in [0.25, 0.3) is 0 Å². The molecule has 0 atom stereocenters. The number of hydrogen-bond donors (Lipinski definition) is 1. The molecule has 5 nitrogen and oxygen atoms in total. The Kier molecular flexibility index (Phi) is 5.53. The van der Waals surface area contributed by atoms with E-state index in [-0.39, 0.29) is 0 Å². The van der Waals surface area contributed by atoms with Gasteiger partial charge in [-0.15, -0.1) is 0 Å². The van der Waals surface area contributed by atoms with Crippen molar-refractivity contribution in [2.75, 3.05) is 42.9 Å². The number of nitrogens with one attached hydrogen (secondary N) is 1. The molecule has 3 rings (SSSR count). The van der Waals surface area contributed by atoms with Gasteiger partial charge in [0, 0.05) is 50.2 Å². The van der Waals surface area contributed by atoms with Crippen molar-refractivity contribution in [2.45, 2.75) is 27.7 Å². The van der Waals surface area contributed by atoms with Crippen molar-refractivity contribution in [1.29, 1.82) is 0 Å². The van der Waals surface area contributed by atoms with Crippen LogP contribution in [0.3, 0.4) is 0 Å². The van der Waals surface area contributed by atoms with E-state index in [4.69, 9.17) is 4.98 Å². The number of piperazine rings is 1. The molecule has 2 heterocycles. The first-order valence-corrected chi connectivity index (χ1v) is 8.95. The predicted octanol–water partition coefficient (Wildman–Crippen LogP) is 3.57. The lowest BCUT2D eigenvalue weighted by Gasteiger charge is -2.36. The standard InChI is InChI=1S/C20H28N5/c1-15(2)14-24-9-11-25(12-10-24)19-13-17(4)21-20(23-19)22-18-7-5-16(3)6-8-18/h5-8,13H,9-12,14H2,1-4H3,(H,21,22,23). The van der Waals surface area contributed by atoms with Gasteiger partial charge in [-0.3, -0.25) is 4.90 Å². The Morgan fingerprint density at radius 2 is 1.68 bits per heavy atom. The second-order valence-corrected chi connectivity index (χ2v) is 7.15. The quantitative estimate of drug-likeness (QED) is 0.903. The average Bonchev–Trinajstić information content (AvgIpc) is 2.57. The van der Waals surface area contributed by atoms with Crippen molar-refractivity contribution in [3.05, 3.63) is 47.5 Å². The van der Waals surface area contributed by atoms with Crippen LogP contribution in [0.15, 0.2) is 30.3 Å². The molecular formula is C20H28N5. The highest BCUT2D eigenvalue weighted by Crippen LogP contribution is 2.20. The number of aryl methyl sites for hydroxylation is 2. The number of anilines is 3. The molecule has 0 unspecified atom stereocenters. The summed E-state index contributed by atoms with van der Waals surface area (Å²) in [4.78, 5) is 14.1. The minimum atomic E-state index is 0.666. The third-order valence-corrected chi connectivity index (χ3v) is 4.38. The number of aromatic nitrogens is 2. The lowest BCUT2D eigenvalue weighted by molar-refractivity contribution is 0.267. The van der Waals surface area contributed by atoms with Crippen LogP contribution in [0.2, 0.25) is 0 Å². The van der Waals surface area contributed by atoms with E-state index in [1.165, 1.54) is 11.5 Å². The fourth-order valence-electron chi connectivity index (χ4n) is 3.12. The molecule has 5 heteroatoms. The summed E-state index contributed by atoms with van der Waals surface area (Å²) in [5, 5.41) is 3.32. The molecule has 0 spiro atoms. The number of benzene rings is 1. The summed E-state index contributed by atoms with van der Waals surface area (Å²) in [5.74, 6) is 3.15. The minimum absolute atomic E-state index is 0.666. The zero-order valence-electron chi connectivity index (χ0n) is 15.7. The molecule has 1 radical (unpaired) electrons. The summed E-state index contributed by atoms with van der Waals surface area (Å²) >= 11 is 0. The smallest absolute Gasteiger partial charge is 0.229 e. The summed E-state index contributed by atoms with van der Waals surface area (Å²) in [6.07, 6.45) is 0. The van der Waals surface area contributed by atoms with E-state index < -0.39 is 0 Å². The number of rotatable bonds is 5. The molecule has 1 aromatic heterocycles. The summed E-state index contributed by atoms with van der Waals surface area (Å²) in [7, 11) is 0. The normalized spacial score (nSPS) is 15.6. The van der Waals surface area contributed by atoms with Gasteiger partial charge in [-0.05, 0) is 31.9 Å². The third-order valence-electron chi connectivity index (χ3n) is 4.38. The molecule has 0 aliphatic carbocycles. The maximum absolute atomic E-state index is 4.74. The van der Waals surface area contributed by atoms with Crippen LogP contribution in [0.5, 0.6) is 0 Å². The Morgan fingerprint density at radius 1 is 1.00 bits per heavy atom. The van der Waals surface area contributed by atoms with Crippen LogP contribution in [0.4, 0.5) is 17.5 Å². The Hall–Kier alpha value is -2.14. The Balaban J connectivity index is 1.68. The van der Waals surface area contributed by atoms with Crippen molar-refractivity contribution in [3.8, 4) is 0 Å². The maximum atomic E-state index is 4.74. The summed E-state index contributed by atoms with van der Waals surface area (Å²) in [6, 6.07) is 10.4. The SMILES string of the molecule is C[C](C)CN1CCN(c2cc(C)nc(Nc3ccc(C)cc3)n2)CC1. The Bertz CT molecular complexity index is 688. The molecule has 25 heavy (non-hydrogen) atoms. The molecule has 0 amide bonds. The van der Waals surface area contributed by atoms with Gasteiger partial charge >= 0.3 is 0 Å². The van der Waals surface area contributed by atoms with Crippen molar-refractivity contribution in [2.24, 2.45) is 0 Å². The molecule has 1 fully saturated rings. The predicted molar refractivity (Wildman–Crippen MR) is 104 cm³/mol. The molecular weight excluding hydrogens is 310 g/mol. The molecule has 2 aromatic rings. The zero-order chi connectivity index (χ0) is 17.8. The van der Waals surface area contributed by atoms with E-state index in [1.54, 1.807) is 0 Å². The molecule has 1 aliphatic heterocycles. The van der Waals surface area contributed by atoms with Crippen molar-refractivity contribution in [1.82, 2.24) is 14.9 Å². The Labute approximate surface area is 151 Å². The third kappa shape index (κ3) is 4.92. The fraction of sp³-hybridized carbons (Fsp3) is 0.450. The van der Waals surface area contributed by atoms with Crippen LogP contribution in [-0.4, -0.2) is 47.6 Å². The van der Waals surface area contributed by atoms with Crippen LogP contribution in [-0.2, 0) is 0 Å². The van der Waals surface area contributed by atoms with E-state index in [2.05, 4.69) is 71.2 Å². The molecule has 1 aromatic carbocycles.